The molecule has 1 aromatic carbocycles. The monoisotopic (exact) mass is 288 g/mol. The van der Waals surface area contributed by atoms with Gasteiger partial charge in [0.05, 0.1) is 12.1 Å². The van der Waals surface area contributed by atoms with Crippen LogP contribution in [-0.4, -0.2) is 36.3 Å². The van der Waals surface area contributed by atoms with E-state index in [1.54, 1.807) is 12.1 Å². The molecule has 1 N–H and O–H groups in total. The van der Waals surface area contributed by atoms with E-state index in [9.17, 15) is 9.50 Å². The standard InChI is InChI=1S/C15H17FN4O/c1-20-8-6-12(7-9-20)11-2-4-13(5-3-11)15(21)14(10-16)18-19-17/h2-8,14-15,21H,9-10H2,1H3/t14-,15-/m1/s1. The molecule has 1 aliphatic heterocycles. The molecule has 0 aliphatic carbocycles. The van der Waals surface area contributed by atoms with Crippen molar-refractivity contribution in [2.24, 2.45) is 5.11 Å². The van der Waals surface area contributed by atoms with Crippen LogP contribution in [0.5, 0.6) is 0 Å². The van der Waals surface area contributed by atoms with Gasteiger partial charge in [0.25, 0.3) is 0 Å². The number of alkyl halides is 1. The minimum atomic E-state index is -1.14. The fourth-order valence-corrected chi connectivity index (χ4v) is 2.13. The molecule has 0 amide bonds. The summed E-state index contributed by atoms with van der Waals surface area (Å²) in [7, 11) is 2.00. The molecule has 6 heteroatoms. The van der Waals surface area contributed by atoms with E-state index in [0.717, 1.165) is 17.7 Å². The van der Waals surface area contributed by atoms with Crippen LogP contribution in [0.1, 0.15) is 17.2 Å². The van der Waals surface area contributed by atoms with Gasteiger partial charge in [0.2, 0.25) is 0 Å². The molecular formula is C15H17FN4O. The van der Waals surface area contributed by atoms with Crippen LogP contribution in [0.4, 0.5) is 4.39 Å². The highest BCUT2D eigenvalue weighted by atomic mass is 19.1. The number of hydrogen-bond acceptors (Lipinski definition) is 3. The quantitative estimate of drug-likeness (QED) is 0.513. The van der Waals surface area contributed by atoms with Gasteiger partial charge in [-0.15, -0.1) is 0 Å². The van der Waals surface area contributed by atoms with Crippen LogP contribution in [0.3, 0.4) is 0 Å². The molecule has 110 valence electrons. The first-order valence-electron chi connectivity index (χ1n) is 6.63. The van der Waals surface area contributed by atoms with Crippen molar-refractivity contribution in [2.75, 3.05) is 20.3 Å². The summed E-state index contributed by atoms with van der Waals surface area (Å²) in [6.45, 7) is -0.0514. The second-order valence-electron chi connectivity index (χ2n) is 4.91. The highest BCUT2D eigenvalue weighted by Gasteiger charge is 2.19. The second-order valence-corrected chi connectivity index (χ2v) is 4.91. The summed E-state index contributed by atoms with van der Waals surface area (Å²) < 4.78 is 12.7. The van der Waals surface area contributed by atoms with Crippen molar-refractivity contribution in [3.05, 3.63) is 64.2 Å². The zero-order valence-electron chi connectivity index (χ0n) is 11.7. The Bertz CT molecular complexity index is 590. The van der Waals surface area contributed by atoms with Crippen molar-refractivity contribution in [1.82, 2.24) is 4.90 Å². The highest BCUT2D eigenvalue weighted by Crippen LogP contribution is 2.24. The van der Waals surface area contributed by atoms with Crippen LogP contribution < -0.4 is 0 Å². The van der Waals surface area contributed by atoms with Crippen molar-refractivity contribution < 1.29 is 9.50 Å². The van der Waals surface area contributed by atoms with Gasteiger partial charge < -0.3 is 10.0 Å². The maximum atomic E-state index is 12.7. The number of aliphatic hydroxyl groups excluding tert-OH is 1. The minimum Gasteiger partial charge on any atom is -0.388 e. The van der Waals surface area contributed by atoms with Crippen LogP contribution >= 0.6 is 0 Å². The molecule has 0 saturated carbocycles. The van der Waals surface area contributed by atoms with Crippen LogP contribution in [0.25, 0.3) is 16.0 Å². The molecular weight excluding hydrogens is 271 g/mol. The Morgan fingerprint density at radius 1 is 1.43 bits per heavy atom. The van der Waals surface area contributed by atoms with Gasteiger partial charge in [0.15, 0.2) is 0 Å². The highest BCUT2D eigenvalue weighted by molar-refractivity contribution is 5.74. The smallest absolute Gasteiger partial charge is 0.101 e. The lowest BCUT2D eigenvalue weighted by atomic mass is 9.98. The molecule has 5 nitrogen and oxygen atoms in total. The van der Waals surface area contributed by atoms with E-state index in [4.69, 9.17) is 5.53 Å². The molecule has 0 fully saturated rings. The van der Waals surface area contributed by atoms with E-state index in [-0.39, 0.29) is 0 Å². The number of azide groups is 1. The Labute approximate surface area is 122 Å². The molecule has 1 aromatic rings. The van der Waals surface area contributed by atoms with E-state index < -0.39 is 18.8 Å². The minimum absolute atomic E-state index is 0.534. The van der Waals surface area contributed by atoms with Crippen molar-refractivity contribution in [3.8, 4) is 0 Å². The molecule has 0 saturated heterocycles. The van der Waals surface area contributed by atoms with Crippen molar-refractivity contribution >= 4 is 5.57 Å². The molecule has 2 rings (SSSR count). The lowest BCUT2D eigenvalue weighted by Crippen LogP contribution is -2.18. The first-order chi connectivity index (χ1) is 10.2. The fourth-order valence-electron chi connectivity index (χ4n) is 2.13. The number of likely N-dealkylation sites (N-methyl/N-ethyl adjacent to an activating group) is 1. The molecule has 0 unspecified atom stereocenters. The molecule has 0 spiro atoms. The number of aliphatic hydroxyl groups is 1. The number of hydrogen-bond donors (Lipinski definition) is 1. The first kappa shape index (κ1) is 15.1. The van der Waals surface area contributed by atoms with E-state index >= 15 is 0 Å². The van der Waals surface area contributed by atoms with Gasteiger partial charge in [0.1, 0.15) is 6.67 Å². The topological polar surface area (TPSA) is 72.2 Å². The Balaban J connectivity index is 2.15. The Morgan fingerprint density at radius 3 is 2.67 bits per heavy atom. The average molecular weight is 288 g/mol. The van der Waals surface area contributed by atoms with E-state index in [1.807, 2.05) is 31.5 Å². The van der Waals surface area contributed by atoms with Gasteiger partial charge in [0, 0.05) is 18.5 Å². The van der Waals surface area contributed by atoms with Crippen molar-refractivity contribution in [2.45, 2.75) is 12.1 Å². The number of nitrogens with zero attached hydrogens (tertiary/aromatic N) is 4. The number of rotatable bonds is 5. The summed E-state index contributed by atoms with van der Waals surface area (Å²) >= 11 is 0. The molecule has 0 aromatic heterocycles. The van der Waals surface area contributed by atoms with Gasteiger partial charge in [-0.2, -0.15) is 0 Å². The summed E-state index contributed by atoms with van der Waals surface area (Å²) in [5.74, 6) is 0. The lowest BCUT2D eigenvalue weighted by Gasteiger charge is -2.18. The molecule has 1 aliphatic rings. The summed E-state index contributed by atoms with van der Waals surface area (Å²) in [6.07, 6.45) is 4.98. The van der Waals surface area contributed by atoms with Crippen LogP contribution in [0.2, 0.25) is 0 Å². The third kappa shape index (κ3) is 3.62. The Hall–Kier alpha value is -2.30. The third-order valence-electron chi connectivity index (χ3n) is 3.42. The lowest BCUT2D eigenvalue weighted by molar-refractivity contribution is 0.132. The van der Waals surface area contributed by atoms with Gasteiger partial charge in [-0.05, 0) is 34.5 Å². The summed E-state index contributed by atoms with van der Waals surface area (Å²) in [6, 6.07) is 6.09. The maximum Gasteiger partial charge on any atom is 0.101 e. The predicted molar refractivity (Wildman–Crippen MR) is 80.1 cm³/mol. The van der Waals surface area contributed by atoms with Gasteiger partial charge in [-0.25, -0.2) is 0 Å². The molecule has 2 atom stereocenters. The maximum absolute atomic E-state index is 12.7. The number of allylic oxidation sites excluding steroid dienone is 2. The summed E-state index contributed by atoms with van der Waals surface area (Å²) in [4.78, 5) is 4.62. The molecule has 21 heavy (non-hydrogen) atoms. The van der Waals surface area contributed by atoms with Gasteiger partial charge >= 0.3 is 0 Å². The fraction of sp³-hybridized carbons (Fsp3) is 0.333. The van der Waals surface area contributed by atoms with Gasteiger partial charge in [-0.1, -0.05) is 35.5 Å². The third-order valence-corrected chi connectivity index (χ3v) is 3.42. The molecule has 0 radical (unpaired) electrons. The first-order valence-corrected chi connectivity index (χ1v) is 6.63. The predicted octanol–water partition coefficient (Wildman–Crippen LogP) is 3.21. The molecule has 1 heterocycles. The normalized spacial score (nSPS) is 16.9. The van der Waals surface area contributed by atoms with Crippen molar-refractivity contribution in [3.63, 3.8) is 0 Å². The second kappa shape index (κ2) is 6.92. The largest absolute Gasteiger partial charge is 0.388 e. The van der Waals surface area contributed by atoms with E-state index in [1.165, 1.54) is 0 Å². The Kier molecular flexibility index (Phi) is 4.98. The number of halogens is 1. The molecule has 0 bridgehead atoms. The SMILES string of the molecule is CN1C=CC(c2ccc([C@@H](O)[C@@H](CF)N=[N+]=[N-])cc2)=CC1. The van der Waals surface area contributed by atoms with Crippen LogP contribution in [-0.2, 0) is 0 Å². The van der Waals surface area contributed by atoms with E-state index in [0.29, 0.717) is 5.56 Å². The summed E-state index contributed by atoms with van der Waals surface area (Å²) in [5.41, 5.74) is 11.0. The van der Waals surface area contributed by atoms with Gasteiger partial charge in [-0.3, -0.25) is 4.39 Å². The summed E-state index contributed by atoms with van der Waals surface area (Å²) in [5, 5.41) is 13.3. The average Bonchev–Trinajstić information content (AvgIpc) is 2.53. The van der Waals surface area contributed by atoms with Crippen LogP contribution in [0, 0.1) is 0 Å². The van der Waals surface area contributed by atoms with Crippen LogP contribution in [0.15, 0.2) is 47.7 Å². The zero-order valence-corrected chi connectivity index (χ0v) is 11.7. The van der Waals surface area contributed by atoms with E-state index in [2.05, 4.69) is 21.0 Å². The zero-order chi connectivity index (χ0) is 15.2. The van der Waals surface area contributed by atoms with Crippen molar-refractivity contribution in [1.29, 1.82) is 0 Å². The Morgan fingerprint density at radius 2 is 2.14 bits per heavy atom. The number of benzene rings is 1.